The molecule has 3 aliphatic carbocycles. The number of carbonyl (C=O) groups is 1. The van der Waals surface area contributed by atoms with Crippen LogP contribution in [0.2, 0.25) is 0 Å². The van der Waals surface area contributed by atoms with Crippen LogP contribution in [0.25, 0.3) is 0 Å². The number of methoxy groups -OCH3 is 1. The van der Waals surface area contributed by atoms with Gasteiger partial charge in [0.05, 0.1) is 7.11 Å². The summed E-state index contributed by atoms with van der Waals surface area (Å²) in [6.45, 7) is 9.40. The molecule has 6 unspecified atom stereocenters. The van der Waals surface area contributed by atoms with Crippen molar-refractivity contribution in [2.75, 3.05) is 26.8 Å². The fourth-order valence-corrected chi connectivity index (χ4v) is 8.47. The number of rotatable bonds is 10. The summed E-state index contributed by atoms with van der Waals surface area (Å²) in [5, 5.41) is 13.7. The van der Waals surface area contributed by atoms with E-state index in [1.165, 1.54) is 58.5 Å². The molecule has 186 valence electrons. The third-order valence-electron chi connectivity index (χ3n) is 10.3. The van der Waals surface area contributed by atoms with Gasteiger partial charge in [0.2, 0.25) is 0 Å². The Morgan fingerprint density at radius 1 is 1.12 bits per heavy atom. The zero-order valence-electron chi connectivity index (χ0n) is 21.2. The molecule has 0 bridgehead atoms. The topological polar surface area (TPSA) is 84.6 Å². The van der Waals surface area contributed by atoms with E-state index in [9.17, 15) is 9.90 Å². The maximum atomic E-state index is 11.7. The maximum absolute atomic E-state index is 11.7. The Labute approximate surface area is 196 Å². The van der Waals surface area contributed by atoms with Gasteiger partial charge in [0, 0.05) is 32.2 Å². The molecule has 0 aliphatic heterocycles. The predicted molar refractivity (Wildman–Crippen MR) is 130 cm³/mol. The zero-order chi connectivity index (χ0) is 23.4. The van der Waals surface area contributed by atoms with Gasteiger partial charge in [0.25, 0.3) is 0 Å². The summed E-state index contributed by atoms with van der Waals surface area (Å²) in [4.78, 5) is 11.7. The second-order valence-corrected chi connectivity index (χ2v) is 11.9. The standard InChI is InChI=1S/C27H50N2O3/c1-19(5-8-25(31)32-4)22-6-7-24-21(12-18-30)23(11-15-27(22,24)3)26(2)13-9-20(10-14-26)29-17-16-28/h19-24,29-30H,5-18,28H2,1-4H3. The number of ether oxygens (including phenoxy) is 1. The van der Waals surface area contributed by atoms with Gasteiger partial charge < -0.3 is 20.9 Å². The van der Waals surface area contributed by atoms with E-state index < -0.39 is 0 Å². The molecule has 4 N–H and O–H groups in total. The smallest absolute Gasteiger partial charge is 0.305 e. The van der Waals surface area contributed by atoms with Crippen LogP contribution in [0, 0.1) is 40.4 Å². The van der Waals surface area contributed by atoms with Crippen molar-refractivity contribution < 1.29 is 14.6 Å². The van der Waals surface area contributed by atoms with Crippen molar-refractivity contribution in [3.05, 3.63) is 0 Å². The number of nitrogens with one attached hydrogen (secondary N) is 1. The molecule has 3 saturated carbocycles. The van der Waals surface area contributed by atoms with Crippen molar-refractivity contribution >= 4 is 5.97 Å². The van der Waals surface area contributed by atoms with Crippen molar-refractivity contribution in [1.82, 2.24) is 5.32 Å². The quantitative estimate of drug-likeness (QED) is 0.426. The lowest BCUT2D eigenvalue weighted by atomic mass is 9.49. The summed E-state index contributed by atoms with van der Waals surface area (Å²) in [5.74, 6) is 3.23. The molecule has 3 fully saturated rings. The Morgan fingerprint density at radius 2 is 1.84 bits per heavy atom. The first kappa shape index (κ1) is 26.0. The van der Waals surface area contributed by atoms with Gasteiger partial charge in [-0.05, 0) is 105 Å². The molecule has 0 aromatic rings. The lowest BCUT2D eigenvalue weighted by Gasteiger charge is -2.56. The number of hydrogen-bond donors (Lipinski definition) is 3. The Morgan fingerprint density at radius 3 is 2.47 bits per heavy atom. The number of nitrogens with two attached hydrogens (primary N) is 1. The highest BCUT2D eigenvalue weighted by Gasteiger charge is 2.57. The van der Waals surface area contributed by atoms with E-state index in [1.807, 2.05) is 0 Å². The molecule has 0 heterocycles. The minimum Gasteiger partial charge on any atom is -0.469 e. The molecule has 3 rings (SSSR count). The summed E-state index contributed by atoms with van der Waals surface area (Å²) < 4.78 is 4.89. The van der Waals surface area contributed by atoms with Crippen LogP contribution < -0.4 is 11.1 Å². The second kappa shape index (κ2) is 11.2. The van der Waals surface area contributed by atoms with E-state index in [4.69, 9.17) is 10.5 Å². The summed E-state index contributed by atoms with van der Waals surface area (Å²) in [7, 11) is 1.49. The molecule has 0 radical (unpaired) electrons. The summed E-state index contributed by atoms with van der Waals surface area (Å²) >= 11 is 0. The predicted octanol–water partition coefficient (Wildman–Crippen LogP) is 4.51. The molecule has 32 heavy (non-hydrogen) atoms. The van der Waals surface area contributed by atoms with E-state index in [-0.39, 0.29) is 5.97 Å². The molecule has 6 atom stereocenters. The van der Waals surface area contributed by atoms with Gasteiger partial charge in [-0.15, -0.1) is 0 Å². The number of aliphatic hydroxyl groups excluding tert-OH is 1. The van der Waals surface area contributed by atoms with Crippen LogP contribution in [-0.4, -0.2) is 43.9 Å². The summed E-state index contributed by atoms with van der Waals surface area (Å²) in [6, 6.07) is 0.628. The highest BCUT2D eigenvalue weighted by Crippen LogP contribution is 2.65. The Hall–Kier alpha value is -0.650. The third kappa shape index (κ3) is 5.36. The van der Waals surface area contributed by atoms with Crippen LogP contribution in [0.5, 0.6) is 0 Å². The lowest BCUT2D eigenvalue weighted by Crippen LogP contribution is -2.49. The van der Waals surface area contributed by atoms with Crippen LogP contribution >= 0.6 is 0 Å². The normalized spacial score (nSPS) is 40.6. The highest BCUT2D eigenvalue weighted by molar-refractivity contribution is 5.69. The molecule has 0 amide bonds. The van der Waals surface area contributed by atoms with Gasteiger partial charge in [0.1, 0.15) is 0 Å². The van der Waals surface area contributed by atoms with Gasteiger partial charge in [-0.25, -0.2) is 0 Å². The molecule has 5 nitrogen and oxygen atoms in total. The number of esters is 1. The Bertz CT molecular complexity index is 604. The fourth-order valence-electron chi connectivity index (χ4n) is 8.47. The van der Waals surface area contributed by atoms with Crippen LogP contribution in [0.3, 0.4) is 0 Å². The molecule has 0 saturated heterocycles. The van der Waals surface area contributed by atoms with Crippen molar-refractivity contribution in [2.45, 2.75) is 97.4 Å². The minimum absolute atomic E-state index is 0.0807. The van der Waals surface area contributed by atoms with Crippen LogP contribution in [-0.2, 0) is 9.53 Å². The molecule has 0 aromatic carbocycles. The van der Waals surface area contributed by atoms with Crippen LogP contribution in [0.4, 0.5) is 0 Å². The number of fused-ring (bicyclic) bond motifs is 1. The van der Waals surface area contributed by atoms with Gasteiger partial charge in [-0.1, -0.05) is 20.8 Å². The minimum atomic E-state index is -0.0807. The van der Waals surface area contributed by atoms with E-state index in [0.717, 1.165) is 25.3 Å². The van der Waals surface area contributed by atoms with Crippen molar-refractivity contribution in [2.24, 2.45) is 46.2 Å². The van der Waals surface area contributed by atoms with E-state index in [1.54, 1.807) is 0 Å². The average molecular weight is 451 g/mol. The number of hydrogen-bond acceptors (Lipinski definition) is 5. The van der Waals surface area contributed by atoms with E-state index in [2.05, 4.69) is 26.1 Å². The number of carbonyl (C=O) groups excluding carboxylic acids is 1. The van der Waals surface area contributed by atoms with Gasteiger partial charge in [-0.3, -0.25) is 4.79 Å². The fraction of sp³-hybridized carbons (Fsp3) is 0.963. The SMILES string of the molecule is COC(=O)CCC(C)C1CCC2C(CCO)C(C3(C)CCC(NCCN)CC3)CCC12C. The number of aliphatic hydroxyl groups is 1. The van der Waals surface area contributed by atoms with Gasteiger partial charge in [0.15, 0.2) is 0 Å². The van der Waals surface area contributed by atoms with Gasteiger partial charge in [-0.2, -0.15) is 0 Å². The Balaban J connectivity index is 1.69. The first-order chi connectivity index (χ1) is 15.3. The zero-order valence-corrected chi connectivity index (χ0v) is 21.2. The monoisotopic (exact) mass is 450 g/mol. The van der Waals surface area contributed by atoms with E-state index in [0.29, 0.717) is 60.1 Å². The summed E-state index contributed by atoms with van der Waals surface area (Å²) in [5.41, 5.74) is 6.44. The lowest BCUT2D eigenvalue weighted by molar-refractivity contribution is -0.141. The third-order valence-corrected chi connectivity index (χ3v) is 10.3. The van der Waals surface area contributed by atoms with Gasteiger partial charge >= 0.3 is 5.97 Å². The molecule has 3 aliphatic rings. The molecule has 5 heteroatoms. The maximum Gasteiger partial charge on any atom is 0.305 e. The first-order valence-corrected chi connectivity index (χ1v) is 13.4. The second-order valence-electron chi connectivity index (χ2n) is 11.9. The van der Waals surface area contributed by atoms with Crippen molar-refractivity contribution in [3.8, 4) is 0 Å². The molecule has 0 spiro atoms. The molecule has 0 aromatic heterocycles. The van der Waals surface area contributed by atoms with Crippen molar-refractivity contribution in [3.63, 3.8) is 0 Å². The summed E-state index contributed by atoms with van der Waals surface area (Å²) in [6.07, 6.45) is 12.7. The van der Waals surface area contributed by atoms with Crippen LogP contribution in [0.15, 0.2) is 0 Å². The first-order valence-electron chi connectivity index (χ1n) is 13.4. The highest BCUT2D eigenvalue weighted by atomic mass is 16.5. The van der Waals surface area contributed by atoms with E-state index >= 15 is 0 Å². The van der Waals surface area contributed by atoms with Crippen LogP contribution in [0.1, 0.15) is 91.4 Å². The largest absolute Gasteiger partial charge is 0.469 e. The molecular weight excluding hydrogens is 400 g/mol. The molecular formula is C27H50N2O3. The average Bonchev–Trinajstić information content (AvgIpc) is 3.14. The Kier molecular flexibility index (Phi) is 9.07. The van der Waals surface area contributed by atoms with Crippen molar-refractivity contribution in [1.29, 1.82) is 0 Å².